The van der Waals surface area contributed by atoms with Gasteiger partial charge in [-0.25, -0.2) is 0 Å². The number of rotatable bonds is 4. The molecule has 0 aromatic rings. The van der Waals surface area contributed by atoms with Crippen LogP contribution in [0, 0.1) is 0 Å². The molecule has 0 aromatic carbocycles. The van der Waals surface area contributed by atoms with Gasteiger partial charge in [0.25, 0.3) is 0 Å². The van der Waals surface area contributed by atoms with E-state index in [-0.39, 0.29) is 60.9 Å². The molecule has 0 amide bonds. The molecule has 0 saturated carbocycles. The number of carboxylic acid groups (broad SMARTS) is 2. The van der Waals surface area contributed by atoms with Crippen molar-refractivity contribution in [2.75, 3.05) is 0 Å². The monoisotopic (exact) mass is 253 g/mol. The topological polar surface area (TPSA) is 101 Å². The average molecular weight is 252 g/mol. The first-order valence-electron chi connectivity index (χ1n) is 2.74. The summed E-state index contributed by atoms with van der Waals surface area (Å²) >= 11 is 0. The van der Waals surface area contributed by atoms with Crippen LogP contribution in [-0.4, -0.2) is 45.3 Å². The molecule has 0 radical (unpaired) electrons. The second-order valence-electron chi connectivity index (χ2n) is 1.88. The summed E-state index contributed by atoms with van der Waals surface area (Å²) in [5, 5.41) is 16.3. The minimum atomic E-state index is -1.17. The summed E-state index contributed by atoms with van der Waals surface area (Å²) < 4.78 is 0. The van der Waals surface area contributed by atoms with E-state index < -0.39 is 18.0 Å². The molecule has 0 spiro atoms. The van der Waals surface area contributed by atoms with E-state index in [1.54, 1.807) is 0 Å². The third kappa shape index (κ3) is 10.4. The van der Waals surface area contributed by atoms with Crippen LogP contribution in [0.1, 0.15) is 14.3 Å². The standard InChI is InChI=1S/C5H9NO4.Na.H2Se.H/c6-3(5(9)10)1-2-4(7)8;;;/h3H,1-2,6H2,(H,7,8)(H,9,10);;1H2;/q;+1;;-1. The molecule has 0 rings (SSSR count). The summed E-state index contributed by atoms with van der Waals surface area (Å²) in [7, 11) is 0. The van der Waals surface area contributed by atoms with Crippen LogP contribution in [0.5, 0.6) is 0 Å². The zero-order valence-electron chi connectivity index (χ0n) is 7.78. The van der Waals surface area contributed by atoms with Gasteiger partial charge in [-0.05, 0) is 6.42 Å². The molecule has 0 fully saturated rings. The summed E-state index contributed by atoms with van der Waals surface area (Å²) in [6.45, 7) is 0. The molecule has 0 aliphatic rings. The van der Waals surface area contributed by atoms with Crippen molar-refractivity contribution in [3.8, 4) is 0 Å². The van der Waals surface area contributed by atoms with Crippen molar-refractivity contribution in [3.05, 3.63) is 0 Å². The van der Waals surface area contributed by atoms with E-state index in [9.17, 15) is 9.59 Å². The van der Waals surface area contributed by atoms with Crippen molar-refractivity contribution in [3.63, 3.8) is 0 Å². The van der Waals surface area contributed by atoms with Gasteiger partial charge in [0.05, 0.1) is 0 Å². The Morgan fingerprint density at radius 2 is 1.83 bits per heavy atom. The van der Waals surface area contributed by atoms with Crippen LogP contribution < -0.4 is 35.3 Å². The normalized spacial score (nSPS) is 10.4. The Hall–Kier alpha value is 0.419. The van der Waals surface area contributed by atoms with E-state index in [1.807, 2.05) is 0 Å². The molecule has 7 heteroatoms. The Bertz CT molecular complexity index is 159. The number of hydrogen-bond acceptors (Lipinski definition) is 3. The van der Waals surface area contributed by atoms with Gasteiger partial charge in [-0.2, -0.15) is 0 Å². The van der Waals surface area contributed by atoms with Gasteiger partial charge in [0.1, 0.15) is 6.04 Å². The van der Waals surface area contributed by atoms with Crippen LogP contribution in [0.15, 0.2) is 0 Å². The van der Waals surface area contributed by atoms with E-state index in [0.717, 1.165) is 0 Å². The first-order valence-corrected chi connectivity index (χ1v) is 2.74. The van der Waals surface area contributed by atoms with E-state index in [2.05, 4.69) is 0 Å². The number of nitrogens with two attached hydrogens (primary N) is 1. The predicted molar refractivity (Wildman–Crippen MR) is 42.1 cm³/mol. The predicted octanol–water partition coefficient (Wildman–Crippen LogP) is -4.54. The van der Waals surface area contributed by atoms with Crippen molar-refractivity contribution >= 4 is 29.0 Å². The summed E-state index contributed by atoms with van der Waals surface area (Å²) in [5.41, 5.74) is 5.00. The molecule has 0 aliphatic carbocycles. The molecule has 0 aromatic heterocycles. The molecule has 0 aliphatic heterocycles. The number of carbonyl (C=O) groups is 2. The van der Waals surface area contributed by atoms with Crippen LogP contribution >= 0.6 is 0 Å². The van der Waals surface area contributed by atoms with Gasteiger partial charge in [0.15, 0.2) is 0 Å². The number of hydrogen-bond donors (Lipinski definition) is 3. The van der Waals surface area contributed by atoms with Gasteiger partial charge in [-0.3, -0.25) is 9.59 Å². The van der Waals surface area contributed by atoms with E-state index in [0.29, 0.717) is 0 Å². The van der Waals surface area contributed by atoms with Gasteiger partial charge in [-0.1, -0.05) is 0 Å². The second-order valence-corrected chi connectivity index (χ2v) is 1.88. The zero-order valence-corrected chi connectivity index (χ0v) is 10.9. The minimum absolute atomic E-state index is 0. The Labute approximate surface area is 104 Å². The van der Waals surface area contributed by atoms with Gasteiger partial charge < -0.3 is 17.4 Å². The van der Waals surface area contributed by atoms with Crippen molar-refractivity contribution in [2.45, 2.75) is 18.9 Å². The van der Waals surface area contributed by atoms with E-state index >= 15 is 0 Å². The quantitative estimate of drug-likeness (QED) is 0.437. The molecule has 0 bridgehead atoms. The molecular formula is C5H12NNaO4Se. The van der Waals surface area contributed by atoms with E-state index in [4.69, 9.17) is 15.9 Å². The molecule has 68 valence electrons. The van der Waals surface area contributed by atoms with Gasteiger partial charge >= 0.3 is 58.6 Å². The molecule has 1 atom stereocenters. The Morgan fingerprint density at radius 1 is 1.42 bits per heavy atom. The zero-order chi connectivity index (χ0) is 8.15. The van der Waals surface area contributed by atoms with Gasteiger partial charge in [-0.15, -0.1) is 0 Å². The van der Waals surface area contributed by atoms with Crippen LogP contribution in [-0.2, 0) is 9.59 Å². The SMILES string of the molecule is NC(CCC(=O)O)C(=O)O.[H-].[Na+].[SeH2]. The fourth-order valence-corrected chi connectivity index (χ4v) is 0.402. The molecule has 1 unspecified atom stereocenters. The van der Waals surface area contributed by atoms with Gasteiger partial charge in [0, 0.05) is 6.42 Å². The van der Waals surface area contributed by atoms with E-state index in [1.165, 1.54) is 0 Å². The summed E-state index contributed by atoms with van der Waals surface area (Å²) in [6.07, 6.45) is -0.224. The maximum atomic E-state index is 9.99. The second kappa shape index (κ2) is 9.51. The fourth-order valence-electron chi connectivity index (χ4n) is 0.402. The number of aliphatic carboxylic acids is 2. The van der Waals surface area contributed by atoms with Crippen LogP contribution in [0.2, 0.25) is 0 Å². The Morgan fingerprint density at radius 3 is 2.08 bits per heavy atom. The fraction of sp³-hybridized carbons (Fsp3) is 0.600. The third-order valence-electron chi connectivity index (χ3n) is 0.986. The summed E-state index contributed by atoms with van der Waals surface area (Å²) in [4.78, 5) is 19.9. The Kier molecular flexibility index (Phi) is 14.5. The third-order valence-corrected chi connectivity index (χ3v) is 0.986. The Balaban J connectivity index is -0.000000135. The maximum absolute atomic E-state index is 9.99. The van der Waals surface area contributed by atoms with Crippen molar-refractivity contribution < 1.29 is 50.8 Å². The number of carboxylic acids is 2. The molecular weight excluding hydrogens is 240 g/mol. The van der Waals surface area contributed by atoms with Crippen molar-refractivity contribution in [1.29, 1.82) is 0 Å². The van der Waals surface area contributed by atoms with Gasteiger partial charge in [0.2, 0.25) is 0 Å². The molecule has 5 nitrogen and oxygen atoms in total. The average Bonchev–Trinajstić information content (AvgIpc) is 1.82. The van der Waals surface area contributed by atoms with Crippen LogP contribution in [0.3, 0.4) is 0 Å². The first-order chi connectivity index (χ1) is 4.54. The molecule has 4 N–H and O–H groups in total. The summed E-state index contributed by atoms with van der Waals surface area (Å²) in [5.74, 6) is -2.20. The molecule has 0 saturated heterocycles. The summed E-state index contributed by atoms with van der Waals surface area (Å²) in [6, 6.07) is -1.06. The van der Waals surface area contributed by atoms with Crippen molar-refractivity contribution in [1.82, 2.24) is 0 Å². The molecule has 12 heavy (non-hydrogen) atoms. The first kappa shape index (κ1) is 18.3. The van der Waals surface area contributed by atoms with Crippen molar-refractivity contribution in [2.24, 2.45) is 5.73 Å². The van der Waals surface area contributed by atoms with Crippen LogP contribution in [0.4, 0.5) is 0 Å². The molecule has 0 heterocycles. The van der Waals surface area contributed by atoms with Crippen LogP contribution in [0.25, 0.3) is 0 Å².